The Kier molecular flexibility index (Phi) is 5.77. The largest absolute Gasteiger partial charge is 0.459 e. The summed E-state index contributed by atoms with van der Waals surface area (Å²) in [4.78, 5) is 24.8. The first-order valence-electron chi connectivity index (χ1n) is 9.56. The molecule has 0 bridgehead atoms. The van der Waals surface area contributed by atoms with E-state index in [-0.39, 0.29) is 22.7 Å². The Hall–Kier alpha value is -3.97. The summed E-state index contributed by atoms with van der Waals surface area (Å²) in [6, 6.07) is 21.9. The molecular formula is C24H19N3O3S. The first-order valence-corrected chi connectivity index (χ1v) is 9.97. The molecule has 0 fully saturated rings. The summed E-state index contributed by atoms with van der Waals surface area (Å²) in [5, 5.41) is 10.7. The Morgan fingerprint density at radius 1 is 0.839 bits per heavy atom. The quantitative estimate of drug-likeness (QED) is 0.392. The van der Waals surface area contributed by atoms with Crippen molar-refractivity contribution in [3.63, 3.8) is 0 Å². The van der Waals surface area contributed by atoms with E-state index < -0.39 is 0 Å². The molecule has 1 aromatic heterocycles. The molecule has 0 unspecified atom stereocenters. The second kappa shape index (κ2) is 8.81. The number of benzene rings is 3. The van der Waals surface area contributed by atoms with Crippen molar-refractivity contribution in [3.05, 3.63) is 95.9 Å². The fourth-order valence-electron chi connectivity index (χ4n) is 3.09. The summed E-state index contributed by atoms with van der Waals surface area (Å²) < 4.78 is 5.10. The molecule has 1 heterocycles. The van der Waals surface area contributed by atoms with Gasteiger partial charge in [0.05, 0.1) is 6.26 Å². The van der Waals surface area contributed by atoms with Crippen LogP contribution in [-0.4, -0.2) is 16.9 Å². The highest BCUT2D eigenvalue weighted by Gasteiger charge is 2.12. The molecule has 0 radical (unpaired) electrons. The van der Waals surface area contributed by atoms with Crippen molar-refractivity contribution in [2.75, 3.05) is 10.6 Å². The second-order valence-corrected chi connectivity index (χ2v) is 7.34. The van der Waals surface area contributed by atoms with Crippen molar-refractivity contribution in [1.82, 2.24) is 5.32 Å². The van der Waals surface area contributed by atoms with Gasteiger partial charge in [-0.3, -0.25) is 14.9 Å². The number of hydrogen-bond donors (Lipinski definition) is 3. The lowest BCUT2D eigenvalue weighted by Gasteiger charge is -2.14. The molecule has 0 saturated carbocycles. The van der Waals surface area contributed by atoms with Gasteiger partial charge in [-0.25, -0.2) is 0 Å². The SMILES string of the molecule is Cc1ccc(NC(=O)c2ccco2)cc1NC(=S)NC(=O)c1ccc2ccccc2c1. The summed E-state index contributed by atoms with van der Waals surface area (Å²) >= 11 is 5.32. The molecule has 4 rings (SSSR count). The molecule has 0 aliphatic heterocycles. The van der Waals surface area contributed by atoms with Crippen molar-refractivity contribution in [2.45, 2.75) is 6.92 Å². The van der Waals surface area contributed by atoms with Crippen LogP contribution in [0.1, 0.15) is 26.5 Å². The number of furan rings is 1. The van der Waals surface area contributed by atoms with Crippen LogP contribution in [0.25, 0.3) is 10.8 Å². The van der Waals surface area contributed by atoms with Crippen LogP contribution in [0.2, 0.25) is 0 Å². The van der Waals surface area contributed by atoms with Crippen LogP contribution in [-0.2, 0) is 0 Å². The highest BCUT2D eigenvalue weighted by atomic mass is 32.1. The van der Waals surface area contributed by atoms with E-state index in [9.17, 15) is 9.59 Å². The Morgan fingerprint density at radius 2 is 1.65 bits per heavy atom. The highest BCUT2D eigenvalue weighted by molar-refractivity contribution is 7.80. The second-order valence-electron chi connectivity index (χ2n) is 6.93. The molecule has 6 nitrogen and oxygen atoms in total. The van der Waals surface area contributed by atoms with Gasteiger partial charge in [-0.05, 0) is 71.9 Å². The molecule has 3 aromatic carbocycles. The minimum atomic E-state index is -0.355. The van der Waals surface area contributed by atoms with Crippen LogP contribution in [0, 0.1) is 6.92 Å². The molecule has 0 aliphatic rings. The Bertz CT molecular complexity index is 1280. The van der Waals surface area contributed by atoms with Crippen molar-refractivity contribution >= 4 is 51.3 Å². The van der Waals surface area contributed by atoms with Crippen LogP contribution in [0.3, 0.4) is 0 Å². The van der Waals surface area contributed by atoms with Crippen LogP contribution >= 0.6 is 12.2 Å². The Balaban J connectivity index is 1.43. The van der Waals surface area contributed by atoms with Gasteiger partial charge in [0.2, 0.25) is 0 Å². The van der Waals surface area contributed by atoms with Gasteiger partial charge in [-0.1, -0.05) is 36.4 Å². The monoisotopic (exact) mass is 429 g/mol. The lowest BCUT2D eigenvalue weighted by Crippen LogP contribution is -2.34. The molecule has 0 saturated heterocycles. The predicted molar refractivity (Wildman–Crippen MR) is 125 cm³/mol. The fourth-order valence-corrected chi connectivity index (χ4v) is 3.30. The van der Waals surface area contributed by atoms with Gasteiger partial charge in [0.25, 0.3) is 11.8 Å². The predicted octanol–water partition coefficient (Wildman–Crippen LogP) is 5.12. The van der Waals surface area contributed by atoms with Crippen LogP contribution in [0.5, 0.6) is 0 Å². The van der Waals surface area contributed by atoms with E-state index >= 15 is 0 Å². The fraction of sp³-hybridized carbons (Fsp3) is 0.0417. The van der Waals surface area contributed by atoms with Crippen molar-refractivity contribution in [3.8, 4) is 0 Å². The van der Waals surface area contributed by atoms with Crippen LogP contribution < -0.4 is 16.0 Å². The third kappa shape index (κ3) is 4.79. The molecular weight excluding hydrogens is 410 g/mol. The maximum absolute atomic E-state index is 12.6. The normalized spacial score (nSPS) is 10.5. The highest BCUT2D eigenvalue weighted by Crippen LogP contribution is 2.21. The van der Waals surface area contributed by atoms with Crippen molar-refractivity contribution in [2.24, 2.45) is 0 Å². The first kappa shape index (κ1) is 20.3. The number of nitrogens with one attached hydrogen (secondary N) is 3. The number of carbonyl (C=O) groups excluding carboxylic acids is 2. The van der Waals surface area contributed by atoms with Crippen LogP contribution in [0.4, 0.5) is 11.4 Å². The van der Waals surface area contributed by atoms with E-state index in [4.69, 9.17) is 16.6 Å². The number of hydrogen-bond acceptors (Lipinski definition) is 4. The molecule has 3 N–H and O–H groups in total. The van der Waals surface area contributed by atoms with E-state index in [1.54, 1.807) is 30.3 Å². The number of fused-ring (bicyclic) bond motifs is 1. The van der Waals surface area contributed by atoms with E-state index in [1.807, 2.05) is 49.4 Å². The number of amides is 2. The minimum Gasteiger partial charge on any atom is -0.459 e. The average Bonchev–Trinajstić information content (AvgIpc) is 3.31. The third-order valence-corrected chi connectivity index (χ3v) is 4.93. The average molecular weight is 430 g/mol. The Morgan fingerprint density at radius 3 is 2.42 bits per heavy atom. The maximum atomic E-state index is 12.6. The van der Waals surface area contributed by atoms with Gasteiger partial charge >= 0.3 is 0 Å². The first-order chi connectivity index (χ1) is 15.0. The Labute approximate surface area is 184 Å². The molecule has 4 aromatic rings. The van der Waals surface area contributed by atoms with Gasteiger partial charge in [0.15, 0.2) is 10.9 Å². The van der Waals surface area contributed by atoms with E-state index in [2.05, 4.69) is 16.0 Å². The zero-order valence-corrected chi connectivity index (χ0v) is 17.5. The van der Waals surface area contributed by atoms with Gasteiger partial charge in [0, 0.05) is 16.9 Å². The summed E-state index contributed by atoms with van der Waals surface area (Å²) in [5.74, 6) is -0.441. The maximum Gasteiger partial charge on any atom is 0.291 e. The van der Waals surface area contributed by atoms with Gasteiger partial charge in [-0.15, -0.1) is 0 Å². The summed E-state index contributed by atoms with van der Waals surface area (Å²) in [5.41, 5.74) is 2.65. The number of rotatable bonds is 4. The van der Waals surface area contributed by atoms with Crippen molar-refractivity contribution in [1.29, 1.82) is 0 Å². The van der Waals surface area contributed by atoms with Crippen molar-refractivity contribution < 1.29 is 14.0 Å². The molecule has 2 amide bonds. The summed E-state index contributed by atoms with van der Waals surface area (Å²) in [6.45, 7) is 1.90. The van der Waals surface area contributed by atoms with E-state index in [0.717, 1.165) is 16.3 Å². The molecule has 31 heavy (non-hydrogen) atoms. The van der Waals surface area contributed by atoms with E-state index in [1.165, 1.54) is 6.26 Å². The number of anilines is 2. The van der Waals surface area contributed by atoms with Gasteiger partial charge in [0.1, 0.15) is 0 Å². The standard InChI is InChI=1S/C24H19N3O3S/c1-15-8-11-19(25-23(29)21-7-4-12-30-21)14-20(15)26-24(31)27-22(28)18-10-9-16-5-2-3-6-17(16)13-18/h2-14H,1H3,(H,25,29)(H2,26,27,28,31). The zero-order chi connectivity index (χ0) is 21.8. The smallest absolute Gasteiger partial charge is 0.291 e. The summed E-state index contributed by atoms with van der Waals surface area (Å²) in [7, 11) is 0. The third-order valence-electron chi connectivity index (χ3n) is 4.73. The lowest BCUT2D eigenvalue weighted by atomic mass is 10.1. The molecule has 0 aliphatic carbocycles. The lowest BCUT2D eigenvalue weighted by molar-refractivity contribution is 0.0975. The molecule has 0 spiro atoms. The van der Waals surface area contributed by atoms with Gasteiger partial charge in [-0.2, -0.15) is 0 Å². The topological polar surface area (TPSA) is 83.4 Å². The minimum absolute atomic E-state index is 0.163. The molecule has 154 valence electrons. The molecule has 0 atom stereocenters. The zero-order valence-electron chi connectivity index (χ0n) is 16.6. The van der Waals surface area contributed by atoms with E-state index in [0.29, 0.717) is 16.9 Å². The number of thiocarbonyl (C=S) groups is 1. The number of aryl methyl sites for hydroxylation is 1. The molecule has 7 heteroatoms. The number of carbonyl (C=O) groups is 2. The van der Waals surface area contributed by atoms with Crippen LogP contribution in [0.15, 0.2) is 83.5 Å². The summed E-state index contributed by atoms with van der Waals surface area (Å²) in [6.07, 6.45) is 1.44. The van der Waals surface area contributed by atoms with Gasteiger partial charge < -0.3 is 15.1 Å².